The Hall–Kier alpha value is -2.23. The number of amides is 1. The molecule has 0 fully saturated rings. The lowest BCUT2D eigenvalue weighted by atomic mass is 10.1. The average molecular weight is 259 g/mol. The van der Waals surface area contributed by atoms with Crippen LogP contribution in [0.4, 0.5) is 0 Å². The molecule has 1 aromatic carbocycles. The van der Waals surface area contributed by atoms with Crippen LogP contribution in [-0.4, -0.2) is 19.6 Å². The average Bonchev–Trinajstić information content (AvgIpc) is 2.92. The molecule has 19 heavy (non-hydrogen) atoms. The highest BCUT2D eigenvalue weighted by Gasteiger charge is 2.07. The Kier molecular flexibility index (Phi) is 4.61. The van der Waals surface area contributed by atoms with Crippen molar-refractivity contribution in [2.45, 2.75) is 12.8 Å². The summed E-state index contributed by atoms with van der Waals surface area (Å²) < 4.78 is 10.4. The smallest absolute Gasteiger partial charge is 0.224 e. The molecule has 0 unspecified atom stereocenters. The maximum Gasteiger partial charge on any atom is 0.224 e. The Bertz CT molecular complexity index is 520. The number of hydrogen-bond acceptors (Lipinski definition) is 3. The summed E-state index contributed by atoms with van der Waals surface area (Å²) in [5, 5.41) is 2.87. The highest BCUT2D eigenvalue weighted by atomic mass is 16.5. The molecule has 0 bridgehead atoms. The molecule has 1 aromatic heterocycles. The second-order valence-corrected chi connectivity index (χ2v) is 4.17. The summed E-state index contributed by atoms with van der Waals surface area (Å²) in [7, 11) is 1.60. The zero-order chi connectivity index (χ0) is 13.5. The SMILES string of the molecule is COc1ccccc1CC(=O)NCCc1ccco1. The Morgan fingerprint density at radius 3 is 2.84 bits per heavy atom. The molecule has 0 aliphatic rings. The van der Waals surface area contributed by atoms with Crippen LogP contribution in [0.25, 0.3) is 0 Å². The number of para-hydroxylation sites is 1. The molecule has 100 valence electrons. The normalized spacial score (nSPS) is 10.2. The molecule has 4 nitrogen and oxygen atoms in total. The third-order valence-corrected chi connectivity index (χ3v) is 2.82. The lowest BCUT2D eigenvalue weighted by Crippen LogP contribution is -2.27. The predicted octanol–water partition coefficient (Wildman–Crippen LogP) is 2.19. The van der Waals surface area contributed by atoms with Crippen LogP contribution in [0.3, 0.4) is 0 Å². The van der Waals surface area contributed by atoms with Gasteiger partial charge in [0.05, 0.1) is 19.8 Å². The first-order valence-electron chi connectivity index (χ1n) is 6.20. The van der Waals surface area contributed by atoms with Crippen molar-refractivity contribution in [2.24, 2.45) is 0 Å². The van der Waals surface area contributed by atoms with Crippen LogP contribution >= 0.6 is 0 Å². The van der Waals surface area contributed by atoms with Crippen LogP contribution in [0.1, 0.15) is 11.3 Å². The summed E-state index contributed by atoms with van der Waals surface area (Å²) in [6.07, 6.45) is 2.65. The van der Waals surface area contributed by atoms with Crippen LogP contribution in [0.15, 0.2) is 47.1 Å². The Morgan fingerprint density at radius 2 is 2.11 bits per heavy atom. The molecule has 1 N–H and O–H groups in total. The van der Waals surface area contributed by atoms with Crippen LogP contribution < -0.4 is 10.1 Å². The third kappa shape index (κ3) is 3.88. The molecule has 0 spiro atoms. The standard InChI is InChI=1S/C15H17NO3/c1-18-14-7-3-2-5-12(14)11-15(17)16-9-8-13-6-4-10-19-13/h2-7,10H,8-9,11H2,1H3,(H,16,17). The summed E-state index contributed by atoms with van der Waals surface area (Å²) >= 11 is 0. The van der Waals surface area contributed by atoms with Crippen LogP contribution in [0, 0.1) is 0 Å². The summed E-state index contributed by atoms with van der Waals surface area (Å²) in [6.45, 7) is 0.571. The molecule has 0 atom stereocenters. The third-order valence-electron chi connectivity index (χ3n) is 2.82. The van der Waals surface area contributed by atoms with Gasteiger partial charge >= 0.3 is 0 Å². The minimum absolute atomic E-state index is 0.0175. The summed E-state index contributed by atoms with van der Waals surface area (Å²) in [4.78, 5) is 11.8. The van der Waals surface area contributed by atoms with E-state index in [1.54, 1.807) is 13.4 Å². The van der Waals surface area contributed by atoms with E-state index in [4.69, 9.17) is 9.15 Å². The predicted molar refractivity (Wildman–Crippen MR) is 72.1 cm³/mol. The first kappa shape index (κ1) is 13.2. The van der Waals surface area contributed by atoms with Crippen LogP contribution in [0.2, 0.25) is 0 Å². The van der Waals surface area contributed by atoms with Gasteiger partial charge in [-0.2, -0.15) is 0 Å². The fourth-order valence-corrected chi connectivity index (χ4v) is 1.86. The molecule has 0 aliphatic heterocycles. The van der Waals surface area contributed by atoms with E-state index in [-0.39, 0.29) is 5.91 Å². The minimum atomic E-state index is -0.0175. The Labute approximate surface area is 112 Å². The summed E-state index contributed by atoms with van der Waals surface area (Å²) in [6, 6.07) is 11.3. The number of furan rings is 1. The Morgan fingerprint density at radius 1 is 1.26 bits per heavy atom. The number of ether oxygens (including phenoxy) is 1. The van der Waals surface area contributed by atoms with Gasteiger partial charge in [0.2, 0.25) is 5.91 Å². The number of carbonyl (C=O) groups is 1. The molecule has 1 amide bonds. The lowest BCUT2D eigenvalue weighted by molar-refractivity contribution is -0.120. The molecular weight excluding hydrogens is 242 g/mol. The number of methoxy groups -OCH3 is 1. The molecule has 1 heterocycles. The van der Waals surface area contributed by atoms with Gasteiger partial charge in [0, 0.05) is 18.5 Å². The fraction of sp³-hybridized carbons (Fsp3) is 0.267. The Balaban J connectivity index is 1.80. The van der Waals surface area contributed by atoms with Crippen molar-refractivity contribution < 1.29 is 13.9 Å². The second-order valence-electron chi connectivity index (χ2n) is 4.17. The van der Waals surface area contributed by atoms with E-state index in [2.05, 4.69) is 5.32 Å². The largest absolute Gasteiger partial charge is 0.496 e. The molecule has 0 saturated carbocycles. The fourth-order valence-electron chi connectivity index (χ4n) is 1.86. The van der Waals surface area contributed by atoms with Gasteiger partial charge in [0.25, 0.3) is 0 Å². The monoisotopic (exact) mass is 259 g/mol. The van der Waals surface area contributed by atoms with Gasteiger partial charge in [-0.15, -0.1) is 0 Å². The molecule has 4 heteroatoms. The van der Waals surface area contributed by atoms with E-state index in [0.29, 0.717) is 19.4 Å². The van der Waals surface area contributed by atoms with E-state index < -0.39 is 0 Å². The molecule has 0 saturated heterocycles. The van der Waals surface area contributed by atoms with Crippen molar-refractivity contribution in [2.75, 3.05) is 13.7 Å². The van der Waals surface area contributed by atoms with E-state index in [9.17, 15) is 4.79 Å². The van der Waals surface area contributed by atoms with Crippen molar-refractivity contribution in [3.8, 4) is 5.75 Å². The minimum Gasteiger partial charge on any atom is -0.496 e. The molecule has 2 rings (SSSR count). The lowest BCUT2D eigenvalue weighted by Gasteiger charge is -2.08. The van der Waals surface area contributed by atoms with E-state index in [0.717, 1.165) is 17.1 Å². The summed E-state index contributed by atoms with van der Waals surface area (Å²) in [5.74, 6) is 1.59. The number of hydrogen-bond donors (Lipinski definition) is 1. The number of benzene rings is 1. The van der Waals surface area contributed by atoms with Gasteiger partial charge in [-0.25, -0.2) is 0 Å². The number of carbonyl (C=O) groups excluding carboxylic acids is 1. The van der Waals surface area contributed by atoms with Gasteiger partial charge < -0.3 is 14.5 Å². The number of nitrogens with one attached hydrogen (secondary N) is 1. The molecule has 0 aliphatic carbocycles. The van der Waals surface area contributed by atoms with Crippen molar-refractivity contribution in [1.29, 1.82) is 0 Å². The number of rotatable bonds is 6. The molecule has 2 aromatic rings. The molecular formula is C15H17NO3. The first-order chi connectivity index (χ1) is 9.29. The van der Waals surface area contributed by atoms with Crippen molar-refractivity contribution in [1.82, 2.24) is 5.32 Å². The maximum absolute atomic E-state index is 11.8. The van der Waals surface area contributed by atoms with E-state index in [1.165, 1.54) is 0 Å². The van der Waals surface area contributed by atoms with Crippen LogP contribution in [0.5, 0.6) is 5.75 Å². The second kappa shape index (κ2) is 6.64. The van der Waals surface area contributed by atoms with Gasteiger partial charge in [-0.05, 0) is 18.2 Å². The van der Waals surface area contributed by atoms with Gasteiger partial charge in [0.15, 0.2) is 0 Å². The topological polar surface area (TPSA) is 51.5 Å². The summed E-state index contributed by atoms with van der Waals surface area (Å²) in [5.41, 5.74) is 0.889. The maximum atomic E-state index is 11.8. The van der Waals surface area contributed by atoms with E-state index in [1.807, 2.05) is 36.4 Å². The zero-order valence-corrected chi connectivity index (χ0v) is 10.9. The van der Waals surface area contributed by atoms with Crippen LogP contribution in [-0.2, 0) is 17.6 Å². The molecule has 0 radical (unpaired) electrons. The quantitative estimate of drug-likeness (QED) is 0.865. The van der Waals surface area contributed by atoms with Gasteiger partial charge in [-0.3, -0.25) is 4.79 Å². The zero-order valence-electron chi connectivity index (χ0n) is 10.9. The highest BCUT2D eigenvalue weighted by Crippen LogP contribution is 2.17. The van der Waals surface area contributed by atoms with E-state index >= 15 is 0 Å². The van der Waals surface area contributed by atoms with Crippen molar-refractivity contribution >= 4 is 5.91 Å². The van der Waals surface area contributed by atoms with Crippen molar-refractivity contribution in [3.05, 3.63) is 54.0 Å². The van der Waals surface area contributed by atoms with Crippen molar-refractivity contribution in [3.63, 3.8) is 0 Å². The van der Waals surface area contributed by atoms with Gasteiger partial charge in [-0.1, -0.05) is 18.2 Å². The highest BCUT2D eigenvalue weighted by molar-refractivity contribution is 5.79. The first-order valence-corrected chi connectivity index (χ1v) is 6.20. The van der Waals surface area contributed by atoms with Gasteiger partial charge in [0.1, 0.15) is 11.5 Å².